The fourth-order valence-corrected chi connectivity index (χ4v) is 8.31. The van der Waals surface area contributed by atoms with Crippen molar-refractivity contribution < 1.29 is 15.0 Å². The number of allylic oxidation sites excluding steroid dienone is 6. The monoisotopic (exact) mass is 828 g/mol. The molecule has 0 aromatic rings. The molecule has 0 aliphatic heterocycles. The highest BCUT2D eigenvalue weighted by Gasteiger charge is 2.20. The van der Waals surface area contributed by atoms with Gasteiger partial charge in [0.25, 0.3) is 0 Å². The Balaban J connectivity index is 3.48. The van der Waals surface area contributed by atoms with Crippen LogP contribution in [-0.2, 0) is 4.79 Å². The van der Waals surface area contributed by atoms with Gasteiger partial charge < -0.3 is 15.5 Å². The van der Waals surface area contributed by atoms with E-state index < -0.39 is 12.1 Å². The highest BCUT2D eigenvalue weighted by Crippen LogP contribution is 2.17. The van der Waals surface area contributed by atoms with Crippen molar-refractivity contribution in [3.05, 3.63) is 36.5 Å². The van der Waals surface area contributed by atoms with Crippen LogP contribution in [0, 0.1) is 0 Å². The van der Waals surface area contributed by atoms with Crippen LogP contribution in [0.5, 0.6) is 0 Å². The fraction of sp³-hybridized carbons (Fsp3) is 0.873. The molecule has 0 spiro atoms. The number of aliphatic hydroxyl groups excluding tert-OH is 2. The Morgan fingerprint density at radius 2 is 0.695 bits per heavy atom. The van der Waals surface area contributed by atoms with Gasteiger partial charge in [-0.05, 0) is 51.4 Å². The molecule has 0 rings (SSSR count). The number of hydrogen-bond donors (Lipinski definition) is 3. The molecule has 0 saturated heterocycles. The van der Waals surface area contributed by atoms with Crippen molar-refractivity contribution >= 4 is 5.91 Å². The number of amides is 1. The first-order valence-electron chi connectivity index (χ1n) is 26.7. The number of carbonyl (C=O) groups excluding carboxylic acids is 1. The van der Waals surface area contributed by atoms with E-state index in [1.807, 2.05) is 0 Å². The molecule has 3 N–H and O–H groups in total. The van der Waals surface area contributed by atoms with Gasteiger partial charge in [0.15, 0.2) is 0 Å². The molecule has 348 valence electrons. The summed E-state index contributed by atoms with van der Waals surface area (Å²) in [6.45, 7) is 4.37. The minimum atomic E-state index is -0.662. The van der Waals surface area contributed by atoms with Crippen LogP contribution in [0.3, 0.4) is 0 Å². The topological polar surface area (TPSA) is 69.6 Å². The van der Waals surface area contributed by atoms with E-state index in [0.29, 0.717) is 12.8 Å². The SMILES string of the molecule is CCCCCCC/C=C\C/C=C\C/C=C\CCCCCCCCCCCCC(=O)NC(CO)C(O)CCCCCCCCCCCCCCCCCCCCCCCC. The van der Waals surface area contributed by atoms with Crippen LogP contribution < -0.4 is 5.32 Å². The highest BCUT2D eigenvalue weighted by molar-refractivity contribution is 5.76. The summed E-state index contributed by atoms with van der Waals surface area (Å²) in [4.78, 5) is 12.5. The third-order valence-corrected chi connectivity index (χ3v) is 12.4. The molecule has 2 atom stereocenters. The largest absolute Gasteiger partial charge is 0.394 e. The third kappa shape index (κ3) is 47.5. The molecular weight excluding hydrogens is 723 g/mol. The molecule has 1 amide bonds. The van der Waals surface area contributed by atoms with Crippen molar-refractivity contribution in [3.63, 3.8) is 0 Å². The lowest BCUT2D eigenvalue weighted by Crippen LogP contribution is -2.45. The Kier molecular flexibility index (Phi) is 49.8. The number of rotatable bonds is 49. The van der Waals surface area contributed by atoms with Crippen LogP contribution in [0.2, 0.25) is 0 Å². The maximum atomic E-state index is 12.5. The molecule has 0 heterocycles. The normalized spacial score (nSPS) is 13.1. The smallest absolute Gasteiger partial charge is 0.220 e. The van der Waals surface area contributed by atoms with Gasteiger partial charge in [-0.15, -0.1) is 0 Å². The van der Waals surface area contributed by atoms with Crippen LogP contribution in [0.4, 0.5) is 0 Å². The van der Waals surface area contributed by atoms with Crippen molar-refractivity contribution in [3.8, 4) is 0 Å². The summed E-state index contributed by atoms with van der Waals surface area (Å²) in [5.74, 6) is -0.0324. The number of carbonyl (C=O) groups is 1. The quantitative estimate of drug-likeness (QED) is 0.0423. The molecule has 59 heavy (non-hydrogen) atoms. The van der Waals surface area contributed by atoms with E-state index >= 15 is 0 Å². The van der Waals surface area contributed by atoms with Crippen molar-refractivity contribution in [2.45, 2.75) is 302 Å². The van der Waals surface area contributed by atoms with Crippen molar-refractivity contribution in [2.75, 3.05) is 6.61 Å². The molecular formula is C55H105NO3. The summed E-state index contributed by atoms with van der Waals surface area (Å²) in [7, 11) is 0. The predicted molar refractivity (Wildman–Crippen MR) is 262 cm³/mol. The van der Waals surface area contributed by atoms with E-state index in [2.05, 4.69) is 55.6 Å². The van der Waals surface area contributed by atoms with E-state index in [-0.39, 0.29) is 12.5 Å². The first kappa shape index (κ1) is 57.6. The van der Waals surface area contributed by atoms with Gasteiger partial charge in [-0.3, -0.25) is 4.79 Å². The maximum Gasteiger partial charge on any atom is 0.220 e. The number of nitrogens with one attached hydrogen (secondary N) is 1. The van der Waals surface area contributed by atoms with Crippen LogP contribution >= 0.6 is 0 Å². The summed E-state index contributed by atoms with van der Waals surface area (Å²) < 4.78 is 0. The lowest BCUT2D eigenvalue weighted by Gasteiger charge is -2.22. The molecule has 0 aromatic heterocycles. The van der Waals surface area contributed by atoms with Crippen molar-refractivity contribution in [1.29, 1.82) is 0 Å². The third-order valence-electron chi connectivity index (χ3n) is 12.4. The zero-order chi connectivity index (χ0) is 42.8. The maximum absolute atomic E-state index is 12.5. The van der Waals surface area contributed by atoms with Gasteiger partial charge in [0.1, 0.15) is 0 Å². The summed E-state index contributed by atoms with van der Waals surface area (Å²) in [6.07, 6.45) is 68.2. The highest BCUT2D eigenvalue weighted by atomic mass is 16.3. The van der Waals surface area contributed by atoms with Crippen LogP contribution in [0.15, 0.2) is 36.5 Å². The Bertz CT molecular complexity index is 897. The van der Waals surface area contributed by atoms with Gasteiger partial charge in [-0.1, -0.05) is 269 Å². The average Bonchev–Trinajstić information content (AvgIpc) is 3.24. The van der Waals surface area contributed by atoms with Crippen LogP contribution in [0.25, 0.3) is 0 Å². The molecule has 0 aliphatic rings. The second-order valence-electron chi connectivity index (χ2n) is 18.3. The van der Waals surface area contributed by atoms with Gasteiger partial charge in [-0.25, -0.2) is 0 Å². The van der Waals surface area contributed by atoms with Gasteiger partial charge in [-0.2, -0.15) is 0 Å². The first-order valence-corrected chi connectivity index (χ1v) is 26.7. The lowest BCUT2D eigenvalue weighted by molar-refractivity contribution is -0.123. The standard InChI is InChI=1S/C55H105NO3/c1-3-5-7-9-11-13-15-17-19-21-23-25-27-28-29-31-33-35-37-39-41-43-45-47-49-51-55(59)56-53(52-57)54(58)50-48-46-44-42-40-38-36-34-32-30-26-24-22-20-18-16-14-12-10-8-6-4-2/h15,17,21,23,27-28,53-54,57-58H,3-14,16,18-20,22,24-26,29-52H2,1-2H3,(H,56,59)/b17-15-,23-21-,28-27-. The predicted octanol–water partition coefficient (Wildman–Crippen LogP) is 17.3. The summed E-state index contributed by atoms with van der Waals surface area (Å²) >= 11 is 0. The van der Waals surface area contributed by atoms with Gasteiger partial charge >= 0.3 is 0 Å². The molecule has 4 heteroatoms. The molecule has 0 aliphatic carbocycles. The van der Waals surface area contributed by atoms with E-state index in [9.17, 15) is 15.0 Å². The molecule has 4 nitrogen and oxygen atoms in total. The molecule has 2 unspecified atom stereocenters. The number of hydrogen-bond acceptors (Lipinski definition) is 3. The summed E-state index contributed by atoms with van der Waals surface area (Å²) in [6, 6.07) is -0.539. The Morgan fingerprint density at radius 1 is 0.407 bits per heavy atom. The molecule has 0 fully saturated rings. The summed E-state index contributed by atoms with van der Waals surface area (Å²) in [5.41, 5.74) is 0. The second kappa shape index (κ2) is 51.0. The van der Waals surface area contributed by atoms with Crippen LogP contribution in [0.1, 0.15) is 290 Å². The van der Waals surface area contributed by atoms with E-state index in [0.717, 1.165) is 38.5 Å². The fourth-order valence-electron chi connectivity index (χ4n) is 8.31. The lowest BCUT2D eigenvalue weighted by atomic mass is 10.0. The van der Waals surface area contributed by atoms with E-state index in [1.54, 1.807) is 0 Å². The molecule has 0 radical (unpaired) electrons. The molecule has 0 bridgehead atoms. The molecule has 0 saturated carbocycles. The van der Waals surface area contributed by atoms with Crippen molar-refractivity contribution in [1.82, 2.24) is 5.32 Å². The van der Waals surface area contributed by atoms with Crippen LogP contribution in [-0.4, -0.2) is 34.9 Å². The average molecular weight is 828 g/mol. The summed E-state index contributed by atoms with van der Waals surface area (Å²) in [5, 5.41) is 23.3. The van der Waals surface area contributed by atoms with E-state index in [1.165, 1.54) is 225 Å². The zero-order valence-corrected chi connectivity index (χ0v) is 40.0. The first-order chi connectivity index (χ1) is 29.2. The van der Waals surface area contributed by atoms with Crippen molar-refractivity contribution in [2.24, 2.45) is 0 Å². The Labute approximate surface area is 370 Å². The second-order valence-corrected chi connectivity index (χ2v) is 18.3. The Morgan fingerprint density at radius 3 is 1.03 bits per heavy atom. The minimum absolute atomic E-state index is 0.0324. The molecule has 0 aromatic carbocycles. The van der Waals surface area contributed by atoms with Gasteiger partial charge in [0, 0.05) is 6.42 Å². The Hall–Kier alpha value is -1.39. The van der Waals surface area contributed by atoms with Gasteiger partial charge in [0.2, 0.25) is 5.91 Å². The zero-order valence-electron chi connectivity index (χ0n) is 40.0. The number of aliphatic hydroxyl groups is 2. The van der Waals surface area contributed by atoms with E-state index in [4.69, 9.17) is 0 Å². The van der Waals surface area contributed by atoms with Gasteiger partial charge in [0.05, 0.1) is 18.8 Å². The minimum Gasteiger partial charge on any atom is -0.394 e. The number of unbranched alkanes of at least 4 members (excludes halogenated alkanes) is 36.